The largest absolute Gasteiger partial charge is 0.480 e. The highest BCUT2D eigenvalue weighted by Crippen LogP contribution is 2.17. The first-order valence-corrected chi connectivity index (χ1v) is 7.10. The standard InChI is InChI=1S/C15H25NO3/c1-2-3-4-5-6-7-8-10-16-11-9-13(17)12-14(16)15(18)19/h3-4,7-8,13-14,17H,2,5-6,9-12H2,1H3,(H,18,19)/t13-,14+/m0/s1. The number of likely N-dealkylation sites (tertiary alicyclic amines) is 1. The van der Waals surface area contributed by atoms with Crippen LogP contribution in [0.2, 0.25) is 0 Å². The van der Waals surface area contributed by atoms with E-state index in [0.717, 1.165) is 19.3 Å². The van der Waals surface area contributed by atoms with Crippen LogP contribution in [0.25, 0.3) is 0 Å². The summed E-state index contributed by atoms with van der Waals surface area (Å²) in [5, 5.41) is 18.7. The lowest BCUT2D eigenvalue weighted by Crippen LogP contribution is -2.48. The number of carbonyl (C=O) groups is 1. The lowest BCUT2D eigenvalue weighted by atomic mass is 9.99. The quantitative estimate of drug-likeness (QED) is 0.548. The summed E-state index contributed by atoms with van der Waals surface area (Å²) in [6, 6.07) is -0.548. The second-order valence-electron chi connectivity index (χ2n) is 4.96. The first-order chi connectivity index (χ1) is 9.15. The Bertz CT molecular complexity index is 325. The van der Waals surface area contributed by atoms with Gasteiger partial charge < -0.3 is 10.2 Å². The van der Waals surface area contributed by atoms with Gasteiger partial charge in [0.1, 0.15) is 6.04 Å². The summed E-state index contributed by atoms with van der Waals surface area (Å²) in [6.45, 7) is 3.42. The van der Waals surface area contributed by atoms with Gasteiger partial charge in [0.05, 0.1) is 6.10 Å². The van der Waals surface area contributed by atoms with Crippen LogP contribution in [-0.2, 0) is 4.79 Å². The van der Waals surface area contributed by atoms with E-state index in [4.69, 9.17) is 5.11 Å². The Balaban J connectivity index is 2.32. The molecule has 1 heterocycles. The summed E-state index contributed by atoms with van der Waals surface area (Å²) >= 11 is 0. The van der Waals surface area contributed by atoms with Gasteiger partial charge in [0, 0.05) is 13.1 Å². The predicted octanol–water partition coefficient (Wildman–Crippen LogP) is 2.20. The molecule has 19 heavy (non-hydrogen) atoms. The number of unbranched alkanes of at least 4 members (excludes halogenated alkanes) is 1. The zero-order chi connectivity index (χ0) is 14.1. The van der Waals surface area contributed by atoms with Gasteiger partial charge in [0.15, 0.2) is 0 Å². The summed E-state index contributed by atoms with van der Waals surface area (Å²) in [5.74, 6) is -0.835. The van der Waals surface area contributed by atoms with E-state index in [1.54, 1.807) is 0 Å². The number of hydrogen-bond acceptors (Lipinski definition) is 3. The fourth-order valence-corrected chi connectivity index (χ4v) is 2.28. The molecule has 1 saturated heterocycles. The molecule has 0 radical (unpaired) electrons. The average Bonchev–Trinajstić information content (AvgIpc) is 2.39. The van der Waals surface area contributed by atoms with Crippen molar-refractivity contribution >= 4 is 5.97 Å². The highest BCUT2D eigenvalue weighted by atomic mass is 16.4. The summed E-state index contributed by atoms with van der Waals surface area (Å²) < 4.78 is 0. The van der Waals surface area contributed by atoms with E-state index in [0.29, 0.717) is 25.9 Å². The van der Waals surface area contributed by atoms with E-state index in [2.05, 4.69) is 25.2 Å². The summed E-state index contributed by atoms with van der Waals surface area (Å²) in [7, 11) is 0. The van der Waals surface area contributed by atoms with Gasteiger partial charge in [-0.05, 0) is 32.1 Å². The minimum Gasteiger partial charge on any atom is -0.480 e. The number of nitrogens with zero attached hydrogens (tertiary/aromatic N) is 1. The fourth-order valence-electron chi connectivity index (χ4n) is 2.28. The molecule has 0 amide bonds. The van der Waals surface area contributed by atoms with Gasteiger partial charge in [-0.3, -0.25) is 9.69 Å². The first-order valence-electron chi connectivity index (χ1n) is 7.10. The molecule has 0 bridgehead atoms. The van der Waals surface area contributed by atoms with E-state index in [1.807, 2.05) is 11.0 Å². The van der Waals surface area contributed by atoms with Crippen molar-refractivity contribution < 1.29 is 15.0 Å². The van der Waals surface area contributed by atoms with Crippen LogP contribution in [0.5, 0.6) is 0 Å². The predicted molar refractivity (Wildman–Crippen MR) is 76.0 cm³/mol. The molecule has 1 rings (SSSR count). The number of aliphatic hydroxyl groups excluding tert-OH is 1. The van der Waals surface area contributed by atoms with E-state index < -0.39 is 18.1 Å². The van der Waals surface area contributed by atoms with Gasteiger partial charge >= 0.3 is 5.97 Å². The normalized spacial score (nSPS) is 25.4. The number of allylic oxidation sites excluding steroid dienone is 3. The molecule has 0 unspecified atom stereocenters. The Morgan fingerprint density at radius 1 is 1.26 bits per heavy atom. The van der Waals surface area contributed by atoms with Crippen molar-refractivity contribution in [3.05, 3.63) is 24.3 Å². The molecular formula is C15H25NO3. The molecule has 0 aromatic carbocycles. The zero-order valence-corrected chi connectivity index (χ0v) is 11.7. The minimum atomic E-state index is -0.835. The SMILES string of the molecule is CCC=CCCC=CCN1CC[C@H](O)C[C@@H]1C(=O)O. The van der Waals surface area contributed by atoms with Crippen LogP contribution in [0.4, 0.5) is 0 Å². The third-order valence-electron chi connectivity index (χ3n) is 3.38. The molecule has 108 valence electrons. The van der Waals surface area contributed by atoms with E-state index in [9.17, 15) is 9.90 Å². The third-order valence-corrected chi connectivity index (χ3v) is 3.38. The van der Waals surface area contributed by atoms with Crippen LogP contribution in [0, 0.1) is 0 Å². The minimum absolute atomic E-state index is 0.336. The molecule has 1 aliphatic heterocycles. The van der Waals surface area contributed by atoms with Crippen molar-refractivity contribution in [1.29, 1.82) is 0 Å². The second-order valence-corrected chi connectivity index (χ2v) is 4.96. The second kappa shape index (κ2) is 8.88. The van der Waals surface area contributed by atoms with Crippen molar-refractivity contribution in [2.75, 3.05) is 13.1 Å². The highest BCUT2D eigenvalue weighted by Gasteiger charge is 2.31. The highest BCUT2D eigenvalue weighted by molar-refractivity contribution is 5.73. The van der Waals surface area contributed by atoms with Gasteiger partial charge in [-0.1, -0.05) is 31.2 Å². The number of carboxylic acid groups (broad SMARTS) is 1. The van der Waals surface area contributed by atoms with Gasteiger partial charge in [-0.15, -0.1) is 0 Å². The van der Waals surface area contributed by atoms with Crippen molar-refractivity contribution in [2.24, 2.45) is 0 Å². The average molecular weight is 267 g/mol. The Morgan fingerprint density at radius 2 is 1.95 bits per heavy atom. The monoisotopic (exact) mass is 267 g/mol. The van der Waals surface area contributed by atoms with Crippen LogP contribution in [0.15, 0.2) is 24.3 Å². The number of carboxylic acids is 1. The number of aliphatic hydroxyl groups is 1. The van der Waals surface area contributed by atoms with Crippen LogP contribution >= 0.6 is 0 Å². The Labute approximate surface area is 115 Å². The van der Waals surface area contributed by atoms with E-state index >= 15 is 0 Å². The Kier molecular flexibility index (Phi) is 7.45. The van der Waals surface area contributed by atoms with Crippen LogP contribution < -0.4 is 0 Å². The third kappa shape index (κ3) is 6.03. The van der Waals surface area contributed by atoms with Gasteiger partial charge in [-0.25, -0.2) is 0 Å². The van der Waals surface area contributed by atoms with E-state index in [-0.39, 0.29) is 0 Å². The molecular weight excluding hydrogens is 242 g/mol. The molecule has 0 aromatic rings. The smallest absolute Gasteiger partial charge is 0.321 e. The Hall–Kier alpha value is -1.13. The molecule has 1 fully saturated rings. The molecule has 0 spiro atoms. The molecule has 2 atom stereocenters. The molecule has 0 aromatic heterocycles. The van der Waals surface area contributed by atoms with Crippen LogP contribution in [-0.4, -0.2) is 46.3 Å². The molecule has 2 N–H and O–H groups in total. The van der Waals surface area contributed by atoms with Crippen molar-refractivity contribution in [3.63, 3.8) is 0 Å². The fraction of sp³-hybridized carbons (Fsp3) is 0.667. The molecule has 4 nitrogen and oxygen atoms in total. The van der Waals surface area contributed by atoms with Gasteiger partial charge in [0.25, 0.3) is 0 Å². The van der Waals surface area contributed by atoms with Gasteiger partial charge in [-0.2, -0.15) is 0 Å². The van der Waals surface area contributed by atoms with Crippen molar-refractivity contribution in [3.8, 4) is 0 Å². The van der Waals surface area contributed by atoms with Crippen LogP contribution in [0.1, 0.15) is 39.0 Å². The van der Waals surface area contributed by atoms with Gasteiger partial charge in [0.2, 0.25) is 0 Å². The number of aliphatic carboxylic acids is 1. The van der Waals surface area contributed by atoms with Crippen molar-refractivity contribution in [2.45, 2.75) is 51.2 Å². The summed E-state index contributed by atoms with van der Waals surface area (Å²) in [6.07, 6.45) is 12.1. The maximum absolute atomic E-state index is 11.1. The van der Waals surface area contributed by atoms with Crippen LogP contribution in [0.3, 0.4) is 0 Å². The maximum atomic E-state index is 11.1. The lowest BCUT2D eigenvalue weighted by Gasteiger charge is -2.34. The summed E-state index contributed by atoms with van der Waals surface area (Å²) in [5.41, 5.74) is 0. The Morgan fingerprint density at radius 3 is 2.58 bits per heavy atom. The topological polar surface area (TPSA) is 60.8 Å². The number of rotatable bonds is 7. The number of hydrogen-bond donors (Lipinski definition) is 2. The van der Waals surface area contributed by atoms with E-state index in [1.165, 1.54) is 0 Å². The molecule has 1 aliphatic rings. The molecule has 0 saturated carbocycles. The molecule has 0 aliphatic carbocycles. The molecule has 4 heteroatoms. The maximum Gasteiger partial charge on any atom is 0.321 e. The first kappa shape index (κ1) is 15.9. The van der Waals surface area contributed by atoms with Crippen molar-refractivity contribution in [1.82, 2.24) is 4.90 Å². The number of piperidine rings is 1. The lowest BCUT2D eigenvalue weighted by molar-refractivity contribution is -0.146. The zero-order valence-electron chi connectivity index (χ0n) is 11.7. The summed E-state index contributed by atoms with van der Waals surface area (Å²) in [4.78, 5) is 13.1.